The van der Waals surface area contributed by atoms with Crippen LogP contribution in [-0.2, 0) is 0 Å². The number of rotatable bonds is 1. The first-order valence-corrected chi connectivity index (χ1v) is 5.21. The normalized spacial score (nSPS) is 9.00. The molecule has 0 atom stereocenters. The Morgan fingerprint density at radius 2 is 1.60 bits per heavy atom. The second-order valence-electron chi connectivity index (χ2n) is 2.88. The summed E-state index contributed by atoms with van der Waals surface area (Å²) in [6.45, 7) is 6.04. The number of pyridine rings is 2. The van der Waals surface area contributed by atoms with Gasteiger partial charge in [-0.25, -0.2) is 0 Å². The molecule has 0 unspecified atom stereocenters. The summed E-state index contributed by atoms with van der Waals surface area (Å²) in [4.78, 5) is 8.53. The summed E-state index contributed by atoms with van der Waals surface area (Å²) in [6, 6.07) is 9.81. The second kappa shape index (κ2) is 5.91. The van der Waals surface area contributed by atoms with Crippen LogP contribution in [0.1, 0.15) is 19.4 Å². The lowest BCUT2D eigenvalue weighted by atomic mass is 10.1. The molecule has 2 rings (SSSR count). The van der Waals surface area contributed by atoms with Crippen LogP contribution in [0, 0.1) is 6.92 Å². The molecule has 2 aromatic heterocycles. The molecular formula is C13H16N2. The molecule has 2 heterocycles. The lowest BCUT2D eigenvalue weighted by Crippen LogP contribution is -1.88. The van der Waals surface area contributed by atoms with Crippen LogP contribution in [0.25, 0.3) is 11.4 Å². The molecular weight excluding hydrogens is 184 g/mol. The molecule has 0 amide bonds. The predicted molar refractivity (Wildman–Crippen MR) is 63.6 cm³/mol. The van der Waals surface area contributed by atoms with Crippen LogP contribution >= 0.6 is 0 Å². The predicted octanol–water partition coefficient (Wildman–Crippen LogP) is 3.48. The smallest absolute Gasteiger partial charge is 0.0915 e. The van der Waals surface area contributed by atoms with E-state index in [0.717, 1.165) is 17.0 Å². The standard InChI is InChI=1S/C11H10N2.C2H6/c1-9-5-4-8-13-11(9)10-6-2-3-7-12-10;1-2/h2-8H,1H3;1-2H3. The maximum Gasteiger partial charge on any atom is 0.0915 e. The van der Waals surface area contributed by atoms with Crippen molar-refractivity contribution < 1.29 is 0 Å². The average Bonchev–Trinajstić information content (AvgIpc) is 2.33. The first kappa shape index (κ1) is 11.4. The van der Waals surface area contributed by atoms with E-state index in [0.29, 0.717) is 0 Å². The Labute approximate surface area is 91.0 Å². The Bertz CT molecular complexity index is 396. The van der Waals surface area contributed by atoms with Crippen molar-refractivity contribution in [3.63, 3.8) is 0 Å². The topological polar surface area (TPSA) is 25.8 Å². The zero-order valence-electron chi connectivity index (χ0n) is 9.44. The fourth-order valence-corrected chi connectivity index (χ4v) is 1.26. The molecule has 78 valence electrons. The van der Waals surface area contributed by atoms with Crippen LogP contribution < -0.4 is 0 Å². The van der Waals surface area contributed by atoms with Gasteiger partial charge in [0.1, 0.15) is 0 Å². The SMILES string of the molecule is CC.Cc1cccnc1-c1ccccn1. The summed E-state index contributed by atoms with van der Waals surface area (Å²) in [7, 11) is 0. The molecule has 0 aliphatic carbocycles. The fourth-order valence-electron chi connectivity index (χ4n) is 1.26. The second-order valence-corrected chi connectivity index (χ2v) is 2.88. The quantitative estimate of drug-likeness (QED) is 0.704. The lowest BCUT2D eigenvalue weighted by Gasteiger charge is -2.01. The molecule has 0 fully saturated rings. The highest BCUT2D eigenvalue weighted by Gasteiger charge is 2.01. The van der Waals surface area contributed by atoms with Crippen molar-refractivity contribution in [1.29, 1.82) is 0 Å². The maximum atomic E-state index is 4.29. The minimum Gasteiger partial charge on any atom is -0.255 e. The van der Waals surface area contributed by atoms with E-state index in [-0.39, 0.29) is 0 Å². The van der Waals surface area contributed by atoms with Crippen molar-refractivity contribution in [3.8, 4) is 11.4 Å². The largest absolute Gasteiger partial charge is 0.255 e. The minimum absolute atomic E-state index is 0.931. The van der Waals surface area contributed by atoms with E-state index < -0.39 is 0 Å². The first-order valence-electron chi connectivity index (χ1n) is 5.21. The van der Waals surface area contributed by atoms with Gasteiger partial charge in [0, 0.05) is 12.4 Å². The molecule has 0 aliphatic rings. The van der Waals surface area contributed by atoms with Crippen LogP contribution in [0.5, 0.6) is 0 Å². The Morgan fingerprint density at radius 3 is 2.20 bits per heavy atom. The Hall–Kier alpha value is -1.70. The summed E-state index contributed by atoms with van der Waals surface area (Å²) >= 11 is 0. The molecule has 0 aromatic carbocycles. The van der Waals surface area contributed by atoms with Crippen molar-refractivity contribution in [2.24, 2.45) is 0 Å². The van der Waals surface area contributed by atoms with E-state index in [1.54, 1.807) is 12.4 Å². The van der Waals surface area contributed by atoms with E-state index in [2.05, 4.69) is 9.97 Å². The third-order valence-electron chi connectivity index (χ3n) is 1.92. The highest BCUT2D eigenvalue weighted by Crippen LogP contribution is 2.16. The number of aromatic nitrogens is 2. The van der Waals surface area contributed by atoms with Gasteiger partial charge >= 0.3 is 0 Å². The minimum atomic E-state index is 0.931. The van der Waals surface area contributed by atoms with Gasteiger partial charge in [0.25, 0.3) is 0 Å². The van der Waals surface area contributed by atoms with Gasteiger partial charge in [-0.1, -0.05) is 26.0 Å². The molecule has 0 saturated heterocycles. The molecule has 0 N–H and O–H groups in total. The van der Waals surface area contributed by atoms with Crippen molar-refractivity contribution in [2.45, 2.75) is 20.8 Å². The molecule has 2 aromatic rings. The molecule has 0 radical (unpaired) electrons. The maximum absolute atomic E-state index is 4.29. The van der Waals surface area contributed by atoms with E-state index in [1.165, 1.54) is 0 Å². The Morgan fingerprint density at radius 1 is 0.867 bits per heavy atom. The van der Waals surface area contributed by atoms with Gasteiger partial charge in [0.2, 0.25) is 0 Å². The molecule has 0 aliphatic heterocycles. The van der Waals surface area contributed by atoms with Crippen molar-refractivity contribution in [1.82, 2.24) is 9.97 Å². The van der Waals surface area contributed by atoms with E-state index in [1.807, 2.05) is 51.1 Å². The molecule has 0 saturated carbocycles. The molecule has 2 nitrogen and oxygen atoms in total. The number of aryl methyl sites for hydroxylation is 1. The lowest BCUT2D eigenvalue weighted by molar-refractivity contribution is 1.21. The van der Waals surface area contributed by atoms with Crippen LogP contribution in [0.15, 0.2) is 42.7 Å². The first-order chi connectivity index (χ1) is 7.38. The number of hydrogen-bond donors (Lipinski definition) is 0. The third kappa shape index (κ3) is 2.88. The van der Waals surface area contributed by atoms with Gasteiger partial charge in [-0.3, -0.25) is 9.97 Å². The fraction of sp³-hybridized carbons (Fsp3) is 0.231. The molecule has 0 spiro atoms. The molecule has 2 heteroatoms. The summed E-state index contributed by atoms with van der Waals surface area (Å²) < 4.78 is 0. The molecule has 15 heavy (non-hydrogen) atoms. The van der Waals surface area contributed by atoms with Crippen molar-refractivity contribution >= 4 is 0 Å². The van der Waals surface area contributed by atoms with Crippen LogP contribution in [0.3, 0.4) is 0 Å². The van der Waals surface area contributed by atoms with E-state index >= 15 is 0 Å². The van der Waals surface area contributed by atoms with Gasteiger partial charge in [0.05, 0.1) is 11.4 Å². The Kier molecular flexibility index (Phi) is 4.48. The Balaban J connectivity index is 0.000000531. The van der Waals surface area contributed by atoms with E-state index in [4.69, 9.17) is 0 Å². The van der Waals surface area contributed by atoms with E-state index in [9.17, 15) is 0 Å². The van der Waals surface area contributed by atoms with Crippen LogP contribution in [0.4, 0.5) is 0 Å². The van der Waals surface area contributed by atoms with Gasteiger partial charge in [0.15, 0.2) is 0 Å². The molecule has 0 bridgehead atoms. The van der Waals surface area contributed by atoms with Gasteiger partial charge in [-0.15, -0.1) is 0 Å². The number of nitrogens with zero attached hydrogens (tertiary/aromatic N) is 2. The monoisotopic (exact) mass is 200 g/mol. The highest BCUT2D eigenvalue weighted by molar-refractivity contribution is 5.57. The summed E-state index contributed by atoms with van der Waals surface area (Å²) in [6.07, 6.45) is 3.57. The third-order valence-corrected chi connectivity index (χ3v) is 1.92. The van der Waals surface area contributed by atoms with Crippen LogP contribution in [-0.4, -0.2) is 9.97 Å². The summed E-state index contributed by atoms with van der Waals surface area (Å²) in [5.41, 5.74) is 3.05. The van der Waals surface area contributed by atoms with Gasteiger partial charge in [-0.05, 0) is 30.7 Å². The van der Waals surface area contributed by atoms with Crippen LogP contribution in [0.2, 0.25) is 0 Å². The van der Waals surface area contributed by atoms with Crippen molar-refractivity contribution in [3.05, 3.63) is 48.3 Å². The number of hydrogen-bond acceptors (Lipinski definition) is 2. The van der Waals surface area contributed by atoms with Gasteiger partial charge in [-0.2, -0.15) is 0 Å². The highest BCUT2D eigenvalue weighted by atomic mass is 14.8. The zero-order valence-corrected chi connectivity index (χ0v) is 9.44. The zero-order chi connectivity index (χ0) is 11.1. The van der Waals surface area contributed by atoms with Crippen molar-refractivity contribution in [2.75, 3.05) is 0 Å². The summed E-state index contributed by atoms with van der Waals surface area (Å²) in [5.74, 6) is 0. The van der Waals surface area contributed by atoms with Gasteiger partial charge < -0.3 is 0 Å². The summed E-state index contributed by atoms with van der Waals surface area (Å²) in [5, 5.41) is 0. The average molecular weight is 200 g/mol.